The predicted octanol–water partition coefficient (Wildman–Crippen LogP) is 4.94. The predicted molar refractivity (Wildman–Crippen MR) is 86.6 cm³/mol. The van der Waals surface area contributed by atoms with E-state index in [2.05, 4.69) is 34.8 Å². The number of hydrogen-bond donors (Lipinski definition) is 1. The van der Waals surface area contributed by atoms with Crippen LogP contribution in [0.3, 0.4) is 0 Å². The Morgan fingerprint density at radius 2 is 1.60 bits per heavy atom. The Hall–Kier alpha value is -2.32. The van der Waals surface area contributed by atoms with Crippen LogP contribution in [0.4, 0.5) is 5.69 Å². The number of benzene rings is 3. The van der Waals surface area contributed by atoms with Crippen molar-refractivity contribution >= 4 is 34.3 Å². The van der Waals surface area contributed by atoms with Crippen molar-refractivity contribution in [3.05, 3.63) is 77.3 Å². The molecule has 0 aliphatic rings. The van der Waals surface area contributed by atoms with E-state index in [0.29, 0.717) is 5.02 Å². The Morgan fingerprint density at radius 3 is 2.45 bits per heavy atom. The minimum Gasteiger partial charge on any atom is -0.277 e. The SMILES string of the molecule is Clc1ccccc1N/N=C\c1ccc2ccccc2c1. The Balaban J connectivity index is 1.79. The third-order valence-electron chi connectivity index (χ3n) is 3.05. The minimum absolute atomic E-state index is 0.656. The Kier molecular flexibility index (Phi) is 3.66. The van der Waals surface area contributed by atoms with Gasteiger partial charge < -0.3 is 0 Å². The molecule has 0 aliphatic carbocycles. The van der Waals surface area contributed by atoms with Crippen LogP contribution in [0.5, 0.6) is 0 Å². The van der Waals surface area contributed by atoms with Crippen molar-refractivity contribution in [2.45, 2.75) is 0 Å². The Bertz CT molecular complexity index is 766. The number of hydrogen-bond acceptors (Lipinski definition) is 2. The fourth-order valence-electron chi connectivity index (χ4n) is 2.02. The van der Waals surface area contributed by atoms with E-state index in [1.165, 1.54) is 10.8 Å². The van der Waals surface area contributed by atoms with Crippen LogP contribution < -0.4 is 5.43 Å². The number of nitrogens with one attached hydrogen (secondary N) is 1. The van der Waals surface area contributed by atoms with Crippen molar-refractivity contribution in [2.75, 3.05) is 5.43 Å². The van der Waals surface area contributed by atoms with Crippen LogP contribution in [0.1, 0.15) is 5.56 Å². The molecule has 20 heavy (non-hydrogen) atoms. The lowest BCUT2D eigenvalue weighted by Crippen LogP contribution is -1.91. The second-order valence-corrected chi connectivity index (χ2v) is 4.86. The lowest BCUT2D eigenvalue weighted by atomic mass is 10.1. The fraction of sp³-hybridized carbons (Fsp3) is 0. The summed E-state index contributed by atoms with van der Waals surface area (Å²) >= 11 is 6.05. The van der Waals surface area contributed by atoms with Gasteiger partial charge in [-0.25, -0.2) is 0 Å². The highest BCUT2D eigenvalue weighted by Gasteiger charge is 1.96. The van der Waals surface area contributed by atoms with Crippen molar-refractivity contribution in [2.24, 2.45) is 5.10 Å². The van der Waals surface area contributed by atoms with E-state index in [9.17, 15) is 0 Å². The number of halogens is 1. The van der Waals surface area contributed by atoms with E-state index in [4.69, 9.17) is 11.6 Å². The number of rotatable bonds is 3. The molecule has 0 aliphatic heterocycles. The molecule has 0 fully saturated rings. The summed E-state index contributed by atoms with van der Waals surface area (Å²) in [6.45, 7) is 0. The molecule has 0 unspecified atom stereocenters. The van der Waals surface area contributed by atoms with Crippen molar-refractivity contribution in [1.82, 2.24) is 0 Å². The Labute approximate surface area is 122 Å². The number of hydrazone groups is 1. The molecule has 0 amide bonds. The van der Waals surface area contributed by atoms with Crippen LogP contribution in [-0.2, 0) is 0 Å². The summed E-state index contributed by atoms with van der Waals surface area (Å²) in [6, 6.07) is 22.0. The van der Waals surface area contributed by atoms with E-state index in [1.807, 2.05) is 42.5 Å². The third-order valence-corrected chi connectivity index (χ3v) is 3.38. The molecule has 0 saturated carbocycles. The second-order valence-electron chi connectivity index (χ2n) is 4.46. The largest absolute Gasteiger partial charge is 0.277 e. The van der Waals surface area contributed by atoms with E-state index >= 15 is 0 Å². The molecule has 2 nitrogen and oxygen atoms in total. The van der Waals surface area contributed by atoms with Crippen LogP contribution in [-0.4, -0.2) is 6.21 Å². The highest BCUT2D eigenvalue weighted by atomic mass is 35.5. The normalized spacial score (nSPS) is 11.1. The van der Waals surface area contributed by atoms with E-state index in [1.54, 1.807) is 6.21 Å². The molecule has 98 valence electrons. The highest BCUT2D eigenvalue weighted by Crippen LogP contribution is 2.20. The molecule has 0 spiro atoms. The molecule has 1 N–H and O–H groups in total. The maximum atomic E-state index is 6.05. The van der Waals surface area contributed by atoms with Crippen LogP contribution in [0.15, 0.2) is 71.8 Å². The van der Waals surface area contributed by atoms with Gasteiger partial charge in [0.1, 0.15) is 0 Å². The van der Waals surface area contributed by atoms with Gasteiger partial charge in [0, 0.05) is 0 Å². The van der Waals surface area contributed by atoms with Crippen LogP contribution in [0.2, 0.25) is 5.02 Å². The lowest BCUT2D eigenvalue weighted by molar-refractivity contribution is 1.35. The first kappa shape index (κ1) is 12.7. The molecule has 3 aromatic rings. The average Bonchev–Trinajstić information content (AvgIpc) is 2.49. The van der Waals surface area contributed by atoms with Crippen LogP contribution in [0.25, 0.3) is 10.8 Å². The smallest absolute Gasteiger partial charge is 0.0748 e. The number of anilines is 1. The molecule has 0 aromatic heterocycles. The van der Waals surface area contributed by atoms with Gasteiger partial charge in [-0.05, 0) is 34.5 Å². The van der Waals surface area contributed by atoms with Gasteiger partial charge in [0.25, 0.3) is 0 Å². The van der Waals surface area contributed by atoms with Gasteiger partial charge in [-0.15, -0.1) is 0 Å². The topological polar surface area (TPSA) is 24.4 Å². The van der Waals surface area contributed by atoms with E-state index < -0.39 is 0 Å². The zero-order valence-corrected chi connectivity index (χ0v) is 11.5. The molecular weight excluding hydrogens is 268 g/mol. The first-order valence-corrected chi connectivity index (χ1v) is 6.73. The van der Waals surface area contributed by atoms with Gasteiger partial charge in [0.05, 0.1) is 16.9 Å². The first-order valence-electron chi connectivity index (χ1n) is 6.35. The minimum atomic E-state index is 0.656. The molecule has 0 heterocycles. The summed E-state index contributed by atoms with van der Waals surface area (Å²) in [6.07, 6.45) is 1.79. The standard InChI is InChI=1S/C17H13ClN2/c18-16-7-3-4-8-17(16)20-19-12-13-9-10-14-5-1-2-6-15(14)11-13/h1-12,20H/b19-12-. The number of fused-ring (bicyclic) bond motifs is 1. The zero-order chi connectivity index (χ0) is 13.8. The molecule has 0 atom stereocenters. The number of para-hydroxylation sites is 1. The molecule has 0 radical (unpaired) electrons. The van der Waals surface area contributed by atoms with E-state index in [0.717, 1.165) is 11.3 Å². The van der Waals surface area contributed by atoms with Crippen molar-refractivity contribution < 1.29 is 0 Å². The van der Waals surface area contributed by atoms with Crippen molar-refractivity contribution in [1.29, 1.82) is 0 Å². The molecule has 3 heteroatoms. The van der Waals surface area contributed by atoms with Gasteiger partial charge in [-0.1, -0.05) is 60.1 Å². The van der Waals surface area contributed by atoms with Crippen LogP contribution >= 0.6 is 11.6 Å². The van der Waals surface area contributed by atoms with Gasteiger partial charge in [0.2, 0.25) is 0 Å². The maximum Gasteiger partial charge on any atom is 0.0748 e. The monoisotopic (exact) mass is 280 g/mol. The van der Waals surface area contributed by atoms with Gasteiger partial charge >= 0.3 is 0 Å². The molecule has 3 aromatic carbocycles. The lowest BCUT2D eigenvalue weighted by Gasteiger charge is -2.02. The van der Waals surface area contributed by atoms with E-state index in [-0.39, 0.29) is 0 Å². The highest BCUT2D eigenvalue weighted by molar-refractivity contribution is 6.33. The molecule has 0 bridgehead atoms. The van der Waals surface area contributed by atoms with Crippen molar-refractivity contribution in [3.8, 4) is 0 Å². The Morgan fingerprint density at radius 1 is 0.850 bits per heavy atom. The second kappa shape index (κ2) is 5.76. The van der Waals surface area contributed by atoms with Gasteiger partial charge in [0.15, 0.2) is 0 Å². The maximum absolute atomic E-state index is 6.05. The summed E-state index contributed by atoms with van der Waals surface area (Å²) in [7, 11) is 0. The molecule has 3 rings (SSSR count). The quantitative estimate of drug-likeness (QED) is 0.533. The van der Waals surface area contributed by atoms with Gasteiger partial charge in [-0.2, -0.15) is 5.10 Å². The summed E-state index contributed by atoms with van der Waals surface area (Å²) < 4.78 is 0. The molecular formula is C17H13ClN2. The summed E-state index contributed by atoms with van der Waals surface area (Å²) in [5.41, 5.74) is 4.79. The summed E-state index contributed by atoms with van der Waals surface area (Å²) in [5, 5.41) is 7.30. The fourth-order valence-corrected chi connectivity index (χ4v) is 2.19. The summed E-state index contributed by atoms with van der Waals surface area (Å²) in [4.78, 5) is 0. The molecule has 0 saturated heterocycles. The summed E-state index contributed by atoms with van der Waals surface area (Å²) in [5.74, 6) is 0. The third kappa shape index (κ3) is 2.81. The first-order chi connectivity index (χ1) is 9.83. The zero-order valence-electron chi connectivity index (χ0n) is 10.8. The van der Waals surface area contributed by atoms with Gasteiger partial charge in [-0.3, -0.25) is 5.43 Å². The van der Waals surface area contributed by atoms with Crippen molar-refractivity contribution in [3.63, 3.8) is 0 Å². The van der Waals surface area contributed by atoms with Crippen LogP contribution in [0, 0.1) is 0 Å². The average molecular weight is 281 g/mol. The number of nitrogens with zero attached hydrogens (tertiary/aromatic N) is 1.